The molecule has 1 aromatic rings. The normalized spacial score (nSPS) is 12.5. The molecule has 1 amide bonds. The van der Waals surface area contributed by atoms with Gasteiger partial charge in [-0.05, 0) is 41.4 Å². The molecule has 0 aromatic carbocycles. The molecule has 1 rings (SSSR count). The van der Waals surface area contributed by atoms with Crippen molar-refractivity contribution in [3.8, 4) is 0 Å². The van der Waals surface area contributed by atoms with Gasteiger partial charge in [-0.3, -0.25) is 4.79 Å². The van der Waals surface area contributed by atoms with Crippen LogP contribution < -0.4 is 11.1 Å². The van der Waals surface area contributed by atoms with Crippen molar-refractivity contribution < 1.29 is 4.79 Å². The van der Waals surface area contributed by atoms with Gasteiger partial charge in [0.05, 0.1) is 9.83 Å². The lowest BCUT2D eigenvalue weighted by molar-refractivity contribution is -0.121. The largest absolute Gasteiger partial charge is 0.354 e. The summed E-state index contributed by atoms with van der Waals surface area (Å²) in [6.45, 7) is 2.32. The number of amides is 1. The third-order valence-electron chi connectivity index (χ3n) is 1.71. The van der Waals surface area contributed by atoms with Gasteiger partial charge in [0, 0.05) is 11.4 Å². The van der Waals surface area contributed by atoms with E-state index in [9.17, 15) is 4.79 Å². The molecular weight excluding hydrogens is 264 g/mol. The third-order valence-corrected chi connectivity index (χ3v) is 3.40. The Morgan fingerprint density at radius 2 is 2.43 bits per heavy atom. The molecular formula is C9H13BrN2OS. The van der Waals surface area contributed by atoms with Crippen molar-refractivity contribution in [1.82, 2.24) is 5.32 Å². The average Bonchev–Trinajstić information content (AvgIpc) is 2.51. The molecule has 1 heterocycles. The number of carbonyl (C=O) groups is 1. The van der Waals surface area contributed by atoms with Gasteiger partial charge in [-0.2, -0.15) is 0 Å². The van der Waals surface area contributed by atoms with Crippen LogP contribution in [0.5, 0.6) is 0 Å². The number of nitrogens with one attached hydrogen (secondary N) is 1. The number of thiophene rings is 1. The summed E-state index contributed by atoms with van der Waals surface area (Å²) in [5.41, 5.74) is 5.40. The molecule has 0 radical (unpaired) electrons. The molecule has 0 bridgehead atoms. The van der Waals surface area contributed by atoms with Gasteiger partial charge in [0.2, 0.25) is 5.91 Å². The maximum absolute atomic E-state index is 11.1. The lowest BCUT2D eigenvalue weighted by Gasteiger charge is -2.06. The van der Waals surface area contributed by atoms with Crippen LogP contribution >= 0.6 is 27.3 Å². The highest BCUT2D eigenvalue weighted by Crippen LogP contribution is 2.21. The van der Waals surface area contributed by atoms with Crippen molar-refractivity contribution in [3.05, 3.63) is 20.8 Å². The monoisotopic (exact) mass is 276 g/mol. The molecule has 3 nitrogen and oxygen atoms in total. The number of hydrogen-bond donors (Lipinski definition) is 2. The maximum Gasteiger partial charge on any atom is 0.236 e. The van der Waals surface area contributed by atoms with E-state index in [0.717, 1.165) is 10.2 Å². The predicted octanol–water partition coefficient (Wildman–Crippen LogP) is 1.52. The van der Waals surface area contributed by atoms with Crippen molar-refractivity contribution in [2.45, 2.75) is 19.4 Å². The van der Waals surface area contributed by atoms with Gasteiger partial charge in [-0.1, -0.05) is 0 Å². The van der Waals surface area contributed by atoms with Crippen LogP contribution in [-0.2, 0) is 11.2 Å². The fraction of sp³-hybridized carbons (Fsp3) is 0.444. The molecule has 3 N–H and O–H groups in total. The highest BCUT2D eigenvalue weighted by Gasteiger charge is 2.05. The number of hydrogen-bond acceptors (Lipinski definition) is 3. The van der Waals surface area contributed by atoms with Crippen LogP contribution in [0.15, 0.2) is 15.9 Å². The fourth-order valence-electron chi connectivity index (χ4n) is 0.956. The van der Waals surface area contributed by atoms with Gasteiger partial charge in [0.25, 0.3) is 0 Å². The van der Waals surface area contributed by atoms with Gasteiger partial charge in [0.1, 0.15) is 0 Å². The summed E-state index contributed by atoms with van der Waals surface area (Å²) in [6.07, 6.45) is 0.856. The third kappa shape index (κ3) is 3.77. The van der Waals surface area contributed by atoms with Gasteiger partial charge in [0.15, 0.2) is 0 Å². The van der Waals surface area contributed by atoms with Crippen LogP contribution in [-0.4, -0.2) is 18.5 Å². The Morgan fingerprint density at radius 3 is 2.93 bits per heavy atom. The quantitative estimate of drug-likeness (QED) is 0.876. The van der Waals surface area contributed by atoms with E-state index >= 15 is 0 Å². The first-order valence-electron chi connectivity index (χ1n) is 4.37. The second-order valence-electron chi connectivity index (χ2n) is 3.04. The summed E-state index contributed by atoms with van der Waals surface area (Å²) in [5.74, 6) is -0.0966. The van der Waals surface area contributed by atoms with Crippen molar-refractivity contribution in [3.63, 3.8) is 0 Å². The Labute approximate surface area is 95.8 Å². The topological polar surface area (TPSA) is 55.1 Å². The van der Waals surface area contributed by atoms with E-state index in [-0.39, 0.29) is 5.91 Å². The summed E-state index contributed by atoms with van der Waals surface area (Å²) in [6, 6.07) is 3.63. The zero-order valence-corrected chi connectivity index (χ0v) is 10.3. The molecule has 1 atom stereocenters. The Balaban J connectivity index is 2.25. The van der Waals surface area contributed by atoms with E-state index in [4.69, 9.17) is 5.73 Å². The molecule has 0 spiro atoms. The summed E-state index contributed by atoms with van der Waals surface area (Å²) in [4.78, 5) is 12.3. The van der Waals surface area contributed by atoms with Crippen molar-refractivity contribution in [1.29, 1.82) is 0 Å². The van der Waals surface area contributed by atoms with Gasteiger partial charge >= 0.3 is 0 Å². The minimum atomic E-state index is -0.426. The molecule has 5 heteroatoms. The molecule has 0 saturated heterocycles. The van der Waals surface area contributed by atoms with Crippen molar-refractivity contribution in [2.24, 2.45) is 5.73 Å². The van der Waals surface area contributed by atoms with Crippen LogP contribution in [0.1, 0.15) is 11.8 Å². The summed E-state index contributed by atoms with van der Waals surface area (Å²) < 4.78 is 1.12. The van der Waals surface area contributed by atoms with Crippen molar-refractivity contribution >= 4 is 33.2 Å². The van der Waals surface area contributed by atoms with E-state index in [1.807, 2.05) is 12.1 Å². The number of nitrogens with two attached hydrogens (primary N) is 1. The average molecular weight is 277 g/mol. The van der Waals surface area contributed by atoms with Crippen LogP contribution in [0.25, 0.3) is 0 Å². The number of rotatable bonds is 4. The minimum Gasteiger partial charge on any atom is -0.354 e. The minimum absolute atomic E-state index is 0.0966. The first-order chi connectivity index (χ1) is 6.59. The Kier molecular flexibility index (Phi) is 4.57. The fourth-order valence-corrected chi connectivity index (χ4v) is 2.44. The molecule has 0 aliphatic rings. The first kappa shape index (κ1) is 11.7. The first-order valence-corrected chi connectivity index (χ1v) is 5.98. The van der Waals surface area contributed by atoms with E-state index in [2.05, 4.69) is 21.2 Å². The SMILES string of the molecule is C[C@H](N)C(=O)NCCc1ccc(Br)s1. The molecule has 0 fully saturated rings. The molecule has 0 aliphatic carbocycles. The summed E-state index contributed by atoms with van der Waals surface area (Å²) in [5, 5.41) is 2.77. The molecule has 0 aliphatic heterocycles. The van der Waals surface area contributed by atoms with Crippen molar-refractivity contribution in [2.75, 3.05) is 6.54 Å². The standard InChI is InChI=1S/C9H13BrN2OS/c1-6(11)9(13)12-5-4-7-2-3-8(10)14-7/h2-3,6H,4-5,11H2,1H3,(H,12,13)/t6-/m0/s1. The maximum atomic E-state index is 11.1. The van der Waals surface area contributed by atoms with Crippen LogP contribution in [0.2, 0.25) is 0 Å². The molecule has 14 heavy (non-hydrogen) atoms. The Morgan fingerprint density at radius 1 is 1.71 bits per heavy atom. The van der Waals surface area contributed by atoms with E-state index in [1.165, 1.54) is 4.88 Å². The summed E-state index contributed by atoms with van der Waals surface area (Å²) in [7, 11) is 0. The smallest absolute Gasteiger partial charge is 0.236 e. The Hall–Kier alpha value is -0.390. The van der Waals surface area contributed by atoms with Gasteiger partial charge in [-0.25, -0.2) is 0 Å². The van der Waals surface area contributed by atoms with Gasteiger partial charge < -0.3 is 11.1 Å². The lowest BCUT2D eigenvalue weighted by atomic mass is 10.3. The lowest BCUT2D eigenvalue weighted by Crippen LogP contribution is -2.39. The Bertz CT molecular complexity index is 312. The molecule has 78 valence electrons. The number of carbonyl (C=O) groups excluding carboxylic acids is 1. The highest BCUT2D eigenvalue weighted by atomic mass is 79.9. The van der Waals surface area contributed by atoms with Crippen LogP contribution in [0.4, 0.5) is 0 Å². The van der Waals surface area contributed by atoms with Crippen LogP contribution in [0.3, 0.4) is 0 Å². The molecule has 0 unspecified atom stereocenters. The van der Waals surface area contributed by atoms with Crippen LogP contribution in [0, 0.1) is 0 Å². The highest BCUT2D eigenvalue weighted by molar-refractivity contribution is 9.11. The predicted molar refractivity (Wildman–Crippen MR) is 62.4 cm³/mol. The van der Waals surface area contributed by atoms with E-state index in [0.29, 0.717) is 6.54 Å². The second kappa shape index (κ2) is 5.48. The summed E-state index contributed by atoms with van der Waals surface area (Å²) >= 11 is 5.07. The van der Waals surface area contributed by atoms with Gasteiger partial charge in [-0.15, -0.1) is 11.3 Å². The van der Waals surface area contributed by atoms with E-state index in [1.54, 1.807) is 18.3 Å². The zero-order chi connectivity index (χ0) is 10.6. The second-order valence-corrected chi connectivity index (χ2v) is 5.58. The molecule has 0 saturated carbocycles. The number of halogens is 1. The zero-order valence-electron chi connectivity index (χ0n) is 7.92. The molecule has 1 aromatic heterocycles. The van der Waals surface area contributed by atoms with E-state index < -0.39 is 6.04 Å².